The summed E-state index contributed by atoms with van der Waals surface area (Å²) >= 11 is 6.08. The molecule has 5 nitrogen and oxygen atoms in total. The Hall–Kier alpha value is -2.47. The number of anilines is 3. The Bertz CT molecular complexity index is 707. The smallest absolute Gasteiger partial charge is 0.250 e. The van der Waals surface area contributed by atoms with Crippen LogP contribution in [0.2, 0.25) is 5.02 Å². The first kappa shape index (κ1) is 14.9. The van der Waals surface area contributed by atoms with E-state index in [0.717, 1.165) is 0 Å². The number of ether oxygens (including phenoxy) is 1. The van der Waals surface area contributed by atoms with Crippen LogP contribution in [0.15, 0.2) is 30.3 Å². The highest BCUT2D eigenvalue weighted by atomic mass is 35.5. The molecule has 0 spiro atoms. The van der Waals surface area contributed by atoms with Crippen molar-refractivity contribution in [3.8, 4) is 5.75 Å². The molecular weight excluding hydrogens is 297 g/mol. The maximum Gasteiger partial charge on any atom is 0.250 e. The molecule has 2 aromatic carbocycles. The van der Waals surface area contributed by atoms with Crippen LogP contribution in [0.4, 0.5) is 21.5 Å². The minimum Gasteiger partial charge on any atom is -0.494 e. The van der Waals surface area contributed by atoms with Gasteiger partial charge in [0.1, 0.15) is 0 Å². The predicted molar refractivity (Wildman–Crippen MR) is 80.6 cm³/mol. The van der Waals surface area contributed by atoms with Crippen molar-refractivity contribution in [2.45, 2.75) is 0 Å². The van der Waals surface area contributed by atoms with Crippen LogP contribution in [0, 0.1) is 5.82 Å². The number of methoxy groups -OCH3 is 1. The van der Waals surface area contributed by atoms with Crippen LogP contribution in [0.3, 0.4) is 0 Å². The number of carbonyl (C=O) groups excluding carboxylic acids is 1. The zero-order valence-electron chi connectivity index (χ0n) is 11.1. The van der Waals surface area contributed by atoms with Crippen molar-refractivity contribution in [2.75, 3.05) is 18.2 Å². The normalized spacial score (nSPS) is 10.2. The molecule has 2 rings (SSSR count). The fourth-order valence-corrected chi connectivity index (χ4v) is 2.11. The first-order valence-electron chi connectivity index (χ1n) is 5.91. The highest BCUT2D eigenvalue weighted by Crippen LogP contribution is 2.33. The van der Waals surface area contributed by atoms with E-state index in [4.69, 9.17) is 27.8 Å². The molecule has 0 fully saturated rings. The lowest BCUT2D eigenvalue weighted by Gasteiger charge is -2.14. The number of halogens is 2. The third-order valence-corrected chi connectivity index (χ3v) is 3.10. The molecule has 0 saturated heterocycles. The van der Waals surface area contributed by atoms with Gasteiger partial charge in [0.25, 0.3) is 5.91 Å². The third-order valence-electron chi connectivity index (χ3n) is 2.80. The van der Waals surface area contributed by atoms with Gasteiger partial charge in [-0.05, 0) is 24.3 Å². The highest BCUT2D eigenvalue weighted by Gasteiger charge is 2.14. The summed E-state index contributed by atoms with van der Waals surface area (Å²) in [5, 5.41) is 3.15. The van der Waals surface area contributed by atoms with Crippen LogP contribution < -0.4 is 21.5 Å². The lowest BCUT2D eigenvalue weighted by molar-refractivity contribution is 0.100. The molecule has 0 saturated carbocycles. The molecule has 0 unspecified atom stereocenters. The highest BCUT2D eigenvalue weighted by molar-refractivity contribution is 6.34. The number of nitrogens with two attached hydrogens (primary N) is 2. The molecule has 0 radical (unpaired) electrons. The van der Waals surface area contributed by atoms with Gasteiger partial charge in [-0.3, -0.25) is 4.79 Å². The quantitative estimate of drug-likeness (QED) is 0.757. The van der Waals surface area contributed by atoms with Crippen molar-refractivity contribution in [2.24, 2.45) is 5.73 Å². The molecule has 1 amide bonds. The fraction of sp³-hybridized carbons (Fsp3) is 0.0714. The third kappa shape index (κ3) is 3.17. The van der Waals surface area contributed by atoms with E-state index < -0.39 is 11.7 Å². The molecule has 0 atom stereocenters. The van der Waals surface area contributed by atoms with Gasteiger partial charge >= 0.3 is 0 Å². The van der Waals surface area contributed by atoms with Crippen LogP contribution in [-0.4, -0.2) is 13.0 Å². The Balaban J connectivity index is 2.46. The average molecular weight is 310 g/mol. The zero-order valence-corrected chi connectivity index (χ0v) is 11.9. The van der Waals surface area contributed by atoms with E-state index in [1.807, 2.05) is 0 Å². The maximum absolute atomic E-state index is 13.4. The molecule has 0 aliphatic heterocycles. The number of nitrogen functional groups attached to an aromatic ring is 1. The Morgan fingerprint density at radius 3 is 2.67 bits per heavy atom. The number of primary amides is 1. The number of hydrogen-bond acceptors (Lipinski definition) is 4. The summed E-state index contributed by atoms with van der Waals surface area (Å²) in [6, 6.07) is 7.05. The first-order chi connectivity index (χ1) is 9.92. The van der Waals surface area contributed by atoms with Crippen molar-refractivity contribution in [3.63, 3.8) is 0 Å². The molecule has 0 aromatic heterocycles. The molecule has 0 heterocycles. The first-order valence-corrected chi connectivity index (χ1v) is 6.29. The van der Waals surface area contributed by atoms with Gasteiger partial charge in [0.15, 0.2) is 11.6 Å². The number of nitrogens with one attached hydrogen (secondary N) is 1. The standard InChI is InChI=1S/C14H13ClFN3O2/c1-21-12-6-8(2-3-11(12)16)19-13-9(14(18)20)4-7(17)5-10(13)15/h2-6,19H,17H2,1H3,(H2,18,20). The van der Waals surface area contributed by atoms with Gasteiger partial charge in [-0.1, -0.05) is 11.6 Å². The second-order valence-electron chi connectivity index (χ2n) is 4.26. The fourth-order valence-electron chi connectivity index (χ4n) is 1.83. The molecular formula is C14H13ClFN3O2. The minimum absolute atomic E-state index is 0.0622. The Morgan fingerprint density at radius 1 is 1.33 bits per heavy atom. The van der Waals surface area contributed by atoms with Gasteiger partial charge in [0, 0.05) is 17.4 Å². The topological polar surface area (TPSA) is 90.4 Å². The molecule has 21 heavy (non-hydrogen) atoms. The van der Waals surface area contributed by atoms with E-state index in [0.29, 0.717) is 17.1 Å². The molecule has 110 valence electrons. The van der Waals surface area contributed by atoms with Crippen LogP contribution >= 0.6 is 11.6 Å². The number of hydrogen-bond donors (Lipinski definition) is 3. The van der Waals surface area contributed by atoms with Crippen LogP contribution in [0.25, 0.3) is 0 Å². The largest absolute Gasteiger partial charge is 0.494 e. The van der Waals surface area contributed by atoms with Gasteiger partial charge in [-0.15, -0.1) is 0 Å². The summed E-state index contributed by atoms with van der Waals surface area (Å²) in [4.78, 5) is 11.5. The van der Waals surface area contributed by atoms with E-state index in [2.05, 4.69) is 5.32 Å². The molecule has 0 bridgehead atoms. The van der Waals surface area contributed by atoms with Gasteiger partial charge in [-0.25, -0.2) is 4.39 Å². The van der Waals surface area contributed by atoms with Gasteiger partial charge < -0.3 is 21.5 Å². The summed E-state index contributed by atoms with van der Waals surface area (Å²) in [5.74, 6) is -1.12. The summed E-state index contributed by atoms with van der Waals surface area (Å²) in [6.45, 7) is 0. The average Bonchev–Trinajstić information content (AvgIpc) is 2.43. The molecule has 2 aromatic rings. The summed E-state index contributed by atoms with van der Waals surface area (Å²) in [7, 11) is 1.35. The molecule has 0 aliphatic carbocycles. The monoisotopic (exact) mass is 309 g/mol. The lowest BCUT2D eigenvalue weighted by Crippen LogP contribution is -2.14. The van der Waals surface area contributed by atoms with Crippen molar-refractivity contribution in [1.29, 1.82) is 0 Å². The van der Waals surface area contributed by atoms with Crippen LogP contribution in [0.5, 0.6) is 5.75 Å². The molecule has 7 heteroatoms. The van der Waals surface area contributed by atoms with Crippen molar-refractivity contribution in [3.05, 3.63) is 46.7 Å². The van der Waals surface area contributed by atoms with Crippen LogP contribution in [-0.2, 0) is 0 Å². The van der Waals surface area contributed by atoms with Gasteiger partial charge in [0.05, 0.1) is 23.4 Å². The Labute approximate surface area is 125 Å². The lowest BCUT2D eigenvalue weighted by atomic mass is 10.1. The van der Waals surface area contributed by atoms with E-state index in [1.54, 1.807) is 0 Å². The Kier molecular flexibility index (Phi) is 4.18. The zero-order chi connectivity index (χ0) is 15.6. The van der Waals surface area contributed by atoms with Gasteiger partial charge in [0.2, 0.25) is 0 Å². The summed E-state index contributed by atoms with van der Waals surface area (Å²) < 4.78 is 18.3. The predicted octanol–water partition coefficient (Wildman–Crippen LogP) is 2.91. The van der Waals surface area contributed by atoms with Gasteiger partial charge in [-0.2, -0.15) is 0 Å². The van der Waals surface area contributed by atoms with Crippen molar-refractivity contribution in [1.82, 2.24) is 0 Å². The van der Waals surface area contributed by atoms with Crippen molar-refractivity contribution < 1.29 is 13.9 Å². The van der Waals surface area contributed by atoms with E-state index in [1.165, 1.54) is 37.4 Å². The number of rotatable bonds is 4. The summed E-state index contributed by atoms with van der Waals surface area (Å²) in [5.41, 5.74) is 12.2. The minimum atomic E-state index is -0.680. The second-order valence-corrected chi connectivity index (χ2v) is 4.67. The molecule has 0 aliphatic rings. The van der Waals surface area contributed by atoms with Crippen LogP contribution in [0.1, 0.15) is 10.4 Å². The number of benzene rings is 2. The van der Waals surface area contributed by atoms with E-state index >= 15 is 0 Å². The second kappa shape index (κ2) is 5.88. The van der Waals surface area contributed by atoms with E-state index in [9.17, 15) is 9.18 Å². The Morgan fingerprint density at radius 2 is 2.05 bits per heavy atom. The SMILES string of the molecule is COc1cc(Nc2c(Cl)cc(N)cc2C(N)=O)ccc1F. The number of carbonyl (C=O) groups is 1. The molecule has 5 N–H and O–H groups in total. The summed E-state index contributed by atoms with van der Waals surface area (Å²) in [6.07, 6.45) is 0. The number of amides is 1. The van der Waals surface area contributed by atoms with Crippen molar-refractivity contribution >= 4 is 34.6 Å². The van der Waals surface area contributed by atoms with E-state index in [-0.39, 0.29) is 16.3 Å². The maximum atomic E-state index is 13.4.